The number of rotatable bonds is 69. The van der Waals surface area contributed by atoms with Crippen molar-refractivity contribution in [2.24, 2.45) is 0 Å². The maximum atomic E-state index is 13.0. The normalized spacial score (nSPS) is 12.2. The zero-order chi connectivity index (χ0) is 59.2. The van der Waals surface area contributed by atoms with E-state index in [1.54, 1.807) is 0 Å². The third-order valence-electron chi connectivity index (χ3n) is 16.9. The molecule has 6 nitrogen and oxygen atoms in total. The number of unbranched alkanes of at least 4 members (excludes halogenated alkanes) is 52. The second-order valence-corrected chi connectivity index (χ2v) is 25.2. The fourth-order valence-corrected chi connectivity index (χ4v) is 11.4. The van der Waals surface area contributed by atoms with Crippen molar-refractivity contribution in [1.82, 2.24) is 0 Å². The number of carbonyl (C=O) groups excluding carboxylic acids is 3. The number of carbonyl (C=O) groups is 3. The maximum Gasteiger partial charge on any atom is 0.306 e. The third kappa shape index (κ3) is 68.4. The number of allylic oxidation sites excluding steroid dienone is 6. The lowest BCUT2D eigenvalue weighted by atomic mass is 10.0. The quantitative estimate of drug-likeness (QED) is 0.0261. The highest BCUT2D eigenvalue weighted by molar-refractivity contribution is 5.71. The molecule has 0 aliphatic carbocycles. The molecule has 1 unspecified atom stereocenters. The molecule has 0 aromatic heterocycles. The molecule has 0 heterocycles. The fourth-order valence-electron chi connectivity index (χ4n) is 11.4. The standard InChI is InChI=1S/C76H142O6/c1-4-7-10-13-16-19-22-25-28-31-33-35-36-37-38-39-41-42-45-48-51-54-57-60-63-66-69-75(78)81-72-73(71-80-74(77)68-65-62-59-56-53-50-47-44-30-27-24-21-18-15-12-9-6-3)82-76(79)70-67-64-61-58-55-52-49-46-43-40-34-32-29-26-23-20-17-14-11-8-5-2/h9,12,18,21,27,30,73H,4-8,10-11,13-17,19-20,22-26,28-29,31-72H2,1-3H3/b12-9-,21-18-,30-27-. The molecule has 0 aromatic rings. The van der Waals surface area contributed by atoms with E-state index in [9.17, 15) is 14.4 Å². The Kier molecular flexibility index (Phi) is 69.1. The Labute approximate surface area is 512 Å². The van der Waals surface area contributed by atoms with Gasteiger partial charge in [0.1, 0.15) is 13.2 Å². The molecule has 482 valence electrons. The molecule has 0 spiro atoms. The summed E-state index contributed by atoms with van der Waals surface area (Å²) in [6.45, 7) is 6.61. The molecule has 0 radical (unpaired) electrons. The van der Waals surface area contributed by atoms with Gasteiger partial charge in [-0.2, -0.15) is 0 Å². The van der Waals surface area contributed by atoms with Crippen LogP contribution in [0.15, 0.2) is 36.5 Å². The molecule has 1 atom stereocenters. The molecule has 82 heavy (non-hydrogen) atoms. The summed E-state index contributed by atoms with van der Waals surface area (Å²) >= 11 is 0. The molecule has 0 saturated heterocycles. The summed E-state index contributed by atoms with van der Waals surface area (Å²) < 4.78 is 17.0. The summed E-state index contributed by atoms with van der Waals surface area (Å²) in [4.78, 5) is 38.5. The second kappa shape index (κ2) is 71.1. The van der Waals surface area contributed by atoms with E-state index < -0.39 is 6.10 Å². The van der Waals surface area contributed by atoms with Gasteiger partial charge in [-0.3, -0.25) is 14.4 Å². The number of hydrogen-bond donors (Lipinski definition) is 0. The molecule has 0 rings (SSSR count). The van der Waals surface area contributed by atoms with Crippen molar-refractivity contribution >= 4 is 17.9 Å². The first-order chi connectivity index (χ1) is 40.5. The van der Waals surface area contributed by atoms with Crippen LogP contribution < -0.4 is 0 Å². The molecule has 6 heteroatoms. The predicted molar refractivity (Wildman–Crippen MR) is 358 cm³/mol. The van der Waals surface area contributed by atoms with Gasteiger partial charge in [0, 0.05) is 19.3 Å². The summed E-state index contributed by atoms with van der Waals surface area (Å²) in [6.07, 6.45) is 89.0. The number of esters is 3. The molecule has 0 fully saturated rings. The Bertz CT molecular complexity index is 1370. The molecule has 0 saturated carbocycles. The van der Waals surface area contributed by atoms with Crippen LogP contribution in [0.3, 0.4) is 0 Å². The first-order valence-electron chi connectivity index (χ1n) is 37.0. The second-order valence-electron chi connectivity index (χ2n) is 25.2. The molecular formula is C76H142O6. The van der Waals surface area contributed by atoms with Crippen LogP contribution in [0.5, 0.6) is 0 Å². The van der Waals surface area contributed by atoms with E-state index in [0.29, 0.717) is 19.3 Å². The van der Waals surface area contributed by atoms with Crippen LogP contribution >= 0.6 is 0 Å². The van der Waals surface area contributed by atoms with E-state index in [2.05, 4.69) is 57.2 Å². The van der Waals surface area contributed by atoms with Crippen molar-refractivity contribution in [2.75, 3.05) is 13.2 Å². The van der Waals surface area contributed by atoms with Gasteiger partial charge in [0.2, 0.25) is 0 Å². The van der Waals surface area contributed by atoms with Crippen LogP contribution in [0.25, 0.3) is 0 Å². The Balaban J connectivity index is 4.26. The van der Waals surface area contributed by atoms with Crippen molar-refractivity contribution in [2.45, 2.75) is 419 Å². The summed E-state index contributed by atoms with van der Waals surface area (Å²) in [6, 6.07) is 0. The van der Waals surface area contributed by atoms with E-state index in [4.69, 9.17) is 14.2 Å². The maximum absolute atomic E-state index is 13.0. The summed E-state index contributed by atoms with van der Waals surface area (Å²) in [5.74, 6) is -0.845. The smallest absolute Gasteiger partial charge is 0.306 e. The molecule has 0 aromatic carbocycles. The van der Waals surface area contributed by atoms with Crippen molar-refractivity contribution in [3.05, 3.63) is 36.5 Å². The predicted octanol–water partition coefficient (Wildman–Crippen LogP) is 25.5. The first kappa shape index (κ1) is 79.6. The van der Waals surface area contributed by atoms with Gasteiger partial charge in [-0.15, -0.1) is 0 Å². The Morgan fingerprint density at radius 2 is 0.476 bits per heavy atom. The lowest BCUT2D eigenvalue weighted by molar-refractivity contribution is -0.167. The van der Waals surface area contributed by atoms with Crippen LogP contribution in [0.2, 0.25) is 0 Å². The van der Waals surface area contributed by atoms with Crippen molar-refractivity contribution in [3.63, 3.8) is 0 Å². The van der Waals surface area contributed by atoms with E-state index in [1.807, 2.05) is 0 Å². The molecule has 0 amide bonds. The van der Waals surface area contributed by atoms with Gasteiger partial charge in [0.15, 0.2) is 6.10 Å². The van der Waals surface area contributed by atoms with E-state index in [1.165, 1.54) is 289 Å². The minimum absolute atomic E-state index is 0.0690. The summed E-state index contributed by atoms with van der Waals surface area (Å²) in [5.41, 5.74) is 0. The van der Waals surface area contributed by atoms with Crippen LogP contribution in [-0.2, 0) is 28.6 Å². The number of ether oxygens (including phenoxy) is 3. The molecule has 0 N–H and O–H groups in total. The summed E-state index contributed by atoms with van der Waals surface area (Å²) in [7, 11) is 0. The van der Waals surface area contributed by atoms with Gasteiger partial charge in [-0.25, -0.2) is 0 Å². The number of hydrogen-bond acceptors (Lipinski definition) is 6. The monoisotopic (exact) mass is 1150 g/mol. The first-order valence-corrected chi connectivity index (χ1v) is 37.0. The third-order valence-corrected chi connectivity index (χ3v) is 16.9. The van der Waals surface area contributed by atoms with Gasteiger partial charge in [0.25, 0.3) is 0 Å². The Morgan fingerprint density at radius 3 is 0.744 bits per heavy atom. The van der Waals surface area contributed by atoms with Crippen LogP contribution in [0.1, 0.15) is 412 Å². The highest BCUT2D eigenvalue weighted by atomic mass is 16.6. The van der Waals surface area contributed by atoms with Gasteiger partial charge >= 0.3 is 17.9 Å². The SMILES string of the molecule is CC/C=C\C/C=C\C/C=C\CCCCCCCCCC(=O)OCC(COC(=O)CCCCCCCCCCCCCCCCCCCCCCCCCCCC)OC(=O)CCCCCCCCCCCCCCCCCCCCCCC. The largest absolute Gasteiger partial charge is 0.462 e. The van der Waals surface area contributed by atoms with Crippen LogP contribution in [0, 0.1) is 0 Å². The Morgan fingerprint density at radius 1 is 0.256 bits per heavy atom. The topological polar surface area (TPSA) is 78.9 Å². The highest BCUT2D eigenvalue weighted by Gasteiger charge is 2.20. The molecule has 0 bridgehead atoms. The van der Waals surface area contributed by atoms with E-state index >= 15 is 0 Å². The van der Waals surface area contributed by atoms with Gasteiger partial charge in [-0.1, -0.05) is 378 Å². The zero-order valence-corrected chi connectivity index (χ0v) is 55.5. The molecular weight excluding hydrogens is 1010 g/mol. The van der Waals surface area contributed by atoms with Crippen molar-refractivity contribution in [3.8, 4) is 0 Å². The lowest BCUT2D eigenvalue weighted by Gasteiger charge is -2.18. The highest BCUT2D eigenvalue weighted by Crippen LogP contribution is 2.19. The van der Waals surface area contributed by atoms with Crippen LogP contribution in [-0.4, -0.2) is 37.2 Å². The Hall–Kier alpha value is -2.37. The van der Waals surface area contributed by atoms with Crippen molar-refractivity contribution in [1.29, 1.82) is 0 Å². The van der Waals surface area contributed by atoms with E-state index in [0.717, 1.165) is 83.5 Å². The van der Waals surface area contributed by atoms with Gasteiger partial charge in [-0.05, 0) is 51.4 Å². The molecule has 0 aliphatic rings. The average molecular weight is 1150 g/mol. The minimum atomic E-state index is -0.775. The van der Waals surface area contributed by atoms with Gasteiger partial charge in [0.05, 0.1) is 0 Å². The summed E-state index contributed by atoms with van der Waals surface area (Å²) in [5, 5.41) is 0. The fraction of sp³-hybridized carbons (Fsp3) is 0.882. The molecule has 0 aliphatic heterocycles. The van der Waals surface area contributed by atoms with Crippen LogP contribution in [0.4, 0.5) is 0 Å². The van der Waals surface area contributed by atoms with Crippen molar-refractivity contribution < 1.29 is 28.6 Å². The lowest BCUT2D eigenvalue weighted by Crippen LogP contribution is -2.30. The average Bonchev–Trinajstić information content (AvgIpc) is 3.47. The van der Waals surface area contributed by atoms with Gasteiger partial charge < -0.3 is 14.2 Å². The van der Waals surface area contributed by atoms with E-state index in [-0.39, 0.29) is 31.1 Å². The minimum Gasteiger partial charge on any atom is -0.462 e. The zero-order valence-electron chi connectivity index (χ0n) is 55.5.